The number of nitrogens with one attached hydrogen (secondary N) is 1. The zero-order valence-electron chi connectivity index (χ0n) is 7.57. The average molecular weight is 141 g/mol. The van der Waals surface area contributed by atoms with Gasteiger partial charge in [0.05, 0.1) is 0 Å². The van der Waals surface area contributed by atoms with E-state index in [0.717, 1.165) is 12.0 Å². The van der Waals surface area contributed by atoms with E-state index >= 15 is 0 Å². The zero-order chi connectivity index (χ0) is 7.78. The summed E-state index contributed by atoms with van der Waals surface area (Å²) in [5.41, 5.74) is 0.591. The van der Waals surface area contributed by atoms with Gasteiger partial charge in [-0.2, -0.15) is 0 Å². The molecule has 1 fully saturated rings. The lowest BCUT2D eigenvalue weighted by molar-refractivity contribution is 0.0641. The van der Waals surface area contributed by atoms with Crippen molar-refractivity contribution in [2.24, 2.45) is 11.3 Å². The first-order valence-electron chi connectivity index (χ1n) is 4.33. The van der Waals surface area contributed by atoms with Crippen molar-refractivity contribution in [1.29, 1.82) is 0 Å². The molecule has 0 amide bonds. The minimum Gasteiger partial charge on any atom is -0.313 e. The highest BCUT2D eigenvalue weighted by molar-refractivity contribution is 4.99. The van der Waals surface area contributed by atoms with Gasteiger partial charge in [-0.25, -0.2) is 0 Å². The molecule has 0 saturated carbocycles. The van der Waals surface area contributed by atoms with Gasteiger partial charge in [-0.05, 0) is 17.8 Å². The highest BCUT2D eigenvalue weighted by atomic mass is 15.0. The summed E-state index contributed by atoms with van der Waals surface area (Å²) in [5.74, 6) is 0.790. The largest absolute Gasteiger partial charge is 0.313 e. The SMILES string of the molecule is CCC1(C)CNC1C(C)C. The first-order valence-corrected chi connectivity index (χ1v) is 4.33. The molecule has 0 spiro atoms. The molecule has 0 bridgehead atoms. The van der Waals surface area contributed by atoms with Crippen LogP contribution in [-0.2, 0) is 0 Å². The molecule has 1 N–H and O–H groups in total. The van der Waals surface area contributed by atoms with Gasteiger partial charge < -0.3 is 5.32 Å². The van der Waals surface area contributed by atoms with Crippen LogP contribution in [0.1, 0.15) is 34.1 Å². The van der Waals surface area contributed by atoms with Gasteiger partial charge in [-0.1, -0.05) is 27.7 Å². The minimum atomic E-state index is 0.591. The molecule has 1 heteroatoms. The molecule has 2 atom stereocenters. The lowest BCUT2D eigenvalue weighted by atomic mass is 9.69. The molecule has 0 aromatic heterocycles. The van der Waals surface area contributed by atoms with E-state index < -0.39 is 0 Å². The average Bonchev–Trinajstić information content (AvgIpc) is 1.83. The van der Waals surface area contributed by atoms with Gasteiger partial charge in [-0.3, -0.25) is 0 Å². The molecule has 1 aliphatic heterocycles. The molecule has 1 rings (SSSR count). The Labute approximate surface area is 64.2 Å². The first-order chi connectivity index (χ1) is 4.60. The normalized spacial score (nSPS) is 39.9. The number of hydrogen-bond donors (Lipinski definition) is 1. The van der Waals surface area contributed by atoms with Gasteiger partial charge in [-0.15, -0.1) is 0 Å². The smallest absolute Gasteiger partial charge is 0.0156 e. The fraction of sp³-hybridized carbons (Fsp3) is 1.00. The van der Waals surface area contributed by atoms with Crippen LogP contribution >= 0.6 is 0 Å². The van der Waals surface area contributed by atoms with Crippen LogP contribution in [0, 0.1) is 11.3 Å². The van der Waals surface area contributed by atoms with E-state index in [1.807, 2.05) is 0 Å². The Morgan fingerprint density at radius 1 is 1.60 bits per heavy atom. The maximum atomic E-state index is 3.49. The summed E-state index contributed by atoms with van der Waals surface area (Å²) in [7, 11) is 0. The van der Waals surface area contributed by atoms with Crippen molar-refractivity contribution >= 4 is 0 Å². The van der Waals surface area contributed by atoms with E-state index in [2.05, 4.69) is 33.0 Å². The molecular formula is C9H19N. The van der Waals surface area contributed by atoms with Crippen LogP contribution < -0.4 is 5.32 Å². The summed E-state index contributed by atoms with van der Waals surface area (Å²) in [6.07, 6.45) is 1.31. The van der Waals surface area contributed by atoms with Crippen LogP contribution in [0.3, 0.4) is 0 Å². The van der Waals surface area contributed by atoms with Crippen LogP contribution in [0.4, 0.5) is 0 Å². The monoisotopic (exact) mass is 141 g/mol. The molecule has 2 unspecified atom stereocenters. The standard InChI is InChI=1S/C9H19N/c1-5-9(4)6-10-8(9)7(2)3/h7-8,10H,5-6H2,1-4H3. The van der Waals surface area contributed by atoms with Crippen molar-refractivity contribution in [2.45, 2.75) is 40.2 Å². The van der Waals surface area contributed by atoms with E-state index in [0.29, 0.717) is 5.41 Å². The molecule has 0 aromatic rings. The Hall–Kier alpha value is -0.0400. The highest BCUT2D eigenvalue weighted by Crippen LogP contribution is 2.36. The third kappa shape index (κ3) is 1.07. The summed E-state index contributed by atoms with van der Waals surface area (Å²) in [6.45, 7) is 10.5. The predicted molar refractivity (Wildman–Crippen MR) is 45.0 cm³/mol. The van der Waals surface area contributed by atoms with Gasteiger partial charge in [0.15, 0.2) is 0 Å². The minimum absolute atomic E-state index is 0.591. The van der Waals surface area contributed by atoms with E-state index in [9.17, 15) is 0 Å². The van der Waals surface area contributed by atoms with E-state index in [-0.39, 0.29) is 0 Å². The lowest BCUT2D eigenvalue weighted by Crippen LogP contribution is -2.62. The van der Waals surface area contributed by atoms with Gasteiger partial charge in [0, 0.05) is 12.6 Å². The van der Waals surface area contributed by atoms with Crippen molar-refractivity contribution in [2.75, 3.05) is 6.54 Å². The molecule has 10 heavy (non-hydrogen) atoms. The second-order valence-electron chi connectivity index (χ2n) is 4.11. The highest BCUT2D eigenvalue weighted by Gasteiger charge is 2.41. The van der Waals surface area contributed by atoms with E-state index in [1.165, 1.54) is 13.0 Å². The summed E-state index contributed by atoms with van der Waals surface area (Å²) < 4.78 is 0. The summed E-state index contributed by atoms with van der Waals surface area (Å²) in [5, 5.41) is 3.49. The Kier molecular flexibility index (Phi) is 2.04. The molecule has 0 aliphatic carbocycles. The molecule has 1 aliphatic rings. The molecule has 0 radical (unpaired) electrons. The van der Waals surface area contributed by atoms with E-state index in [1.54, 1.807) is 0 Å². The first kappa shape index (κ1) is 8.06. The molecule has 0 aromatic carbocycles. The third-order valence-electron chi connectivity index (χ3n) is 2.95. The molecule has 1 heterocycles. The lowest BCUT2D eigenvalue weighted by Gasteiger charge is -2.50. The Morgan fingerprint density at radius 3 is 2.30 bits per heavy atom. The van der Waals surface area contributed by atoms with Crippen molar-refractivity contribution in [3.63, 3.8) is 0 Å². The second kappa shape index (κ2) is 2.54. The maximum Gasteiger partial charge on any atom is 0.0156 e. The fourth-order valence-corrected chi connectivity index (χ4v) is 1.95. The molecule has 60 valence electrons. The summed E-state index contributed by atoms with van der Waals surface area (Å²) >= 11 is 0. The van der Waals surface area contributed by atoms with E-state index in [4.69, 9.17) is 0 Å². The van der Waals surface area contributed by atoms with Crippen molar-refractivity contribution < 1.29 is 0 Å². The summed E-state index contributed by atoms with van der Waals surface area (Å²) in [6, 6.07) is 0.762. The zero-order valence-corrected chi connectivity index (χ0v) is 7.57. The van der Waals surface area contributed by atoms with Crippen molar-refractivity contribution in [3.8, 4) is 0 Å². The quantitative estimate of drug-likeness (QED) is 0.620. The van der Waals surface area contributed by atoms with Crippen LogP contribution in [0.25, 0.3) is 0 Å². The predicted octanol–water partition coefficient (Wildman–Crippen LogP) is 2.03. The van der Waals surface area contributed by atoms with Crippen molar-refractivity contribution in [1.82, 2.24) is 5.32 Å². The van der Waals surface area contributed by atoms with Crippen molar-refractivity contribution in [3.05, 3.63) is 0 Å². The number of rotatable bonds is 2. The Balaban J connectivity index is 2.49. The van der Waals surface area contributed by atoms with Crippen LogP contribution in [0.2, 0.25) is 0 Å². The maximum absolute atomic E-state index is 3.49. The molecule has 1 saturated heterocycles. The fourth-order valence-electron chi connectivity index (χ4n) is 1.95. The van der Waals surface area contributed by atoms with Crippen LogP contribution in [0.5, 0.6) is 0 Å². The van der Waals surface area contributed by atoms with Gasteiger partial charge in [0.2, 0.25) is 0 Å². The van der Waals surface area contributed by atoms with Crippen LogP contribution in [-0.4, -0.2) is 12.6 Å². The molecule has 1 nitrogen and oxygen atoms in total. The third-order valence-corrected chi connectivity index (χ3v) is 2.95. The second-order valence-corrected chi connectivity index (χ2v) is 4.11. The number of hydrogen-bond acceptors (Lipinski definition) is 1. The van der Waals surface area contributed by atoms with Gasteiger partial charge in [0.1, 0.15) is 0 Å². The van der Waals surface area contributed by atoms with Gasteiger partial charge >= 0.3 is 0 Å². The van der Waals surface area contributed by atoms with Gasteiger partial charge in [0.25, 0.3) is 0 Å². The summed E-state index contributed by atoms with van der Waals surface area (Å²) in [4.78, 5) is 0. The topological polar surface area (TPSA) is 12.0 Å². The molecular weight excluding hydrogens is 122 g/mol. The van der Waals surface area contributed by atoms with Crippen LogP contribution in [0.15, 0.2) is 0 Å². The Morgan fingerprint density at radius 2 is 2.20 bits per heavy atom. The Bertz CT molecular complexity index is 116.